The molecule has 6 N–H and O–H groups in total. The van der Waals surface area contributed by atoms with Crippen LogP contribution in [0.2, 0.25) is 0 Å². The zero-order chi connectivity index (χ0) is 33.7. The van der Waals surface area contributed by atoms with Crippen LogP contribution in [0.1, 0.15) is 48.5 Å². The second-order valence-electron chi connectivity index (χ2n) is 10.2. The van der Waals surface area contributed by atoms with Gasteiger partial charge in [-0.1, -0.05) is 13.8 Å². The third-order valence-electron chi connectivity index (χ3n) is 5.88. The molecule has 0 aromatic heterocycles. The van der Waals surface area contributed by atoms with Crippen molar-refractivity contribution < 1.29 is 62.0 Å². The van der Waals surface area contributed by atoms with Crippen molar-refractivity contribution >= 4 is 47.4 Å². The van der Waals surface area contributed by atoms with E-state index in [4.69, 9.17) is 29.4 Å². The number of rotatable bonds is 15. The molecule has 0 radical (unpaired) electrons. The maximum atomic E-state index is 13.1. The van der Waals surface area contributed by atoms with Gasteiger partial charge in [0.05, 0.1) is 13.2 Å². The highest BCUT2D eigenvalue weighted by atomic mass is 16.7. The summed E-state index contributed by atoms with van der Waals surface area (Å²) < 4.78 is 27.5. The Morgan fingerprint density at radius 1 is 0.795 bits per heavy atom. The summed E-state index contributed by atoms with van der Waals surface area (Å²) in [6, 6.07) is -3.91. The molecule has 7 atom stereocenters. The molecule has 1 fully saturated rings. The predicted octanol–water partition coefficient (Wildman–Crippen LogP) is -3.09. The molecule has 44 heavy (non-hydrogen) atoms. The third kappa shape index (κ3) is 12.9. The lowest BCUT2D eigenvalue weighted by atomic mass is 9.96. The number of amides is 5. The number of carbonyl (C=O) groups excluding carboxylic acids is 8. The van der Waals surface area contributed by atoms with Crippen LogP contribution in [0.5, 0.6) is 0 Å². The van der Waals surface area contributed by atoms with Crippen LogP contribution >= 0.6 is 0 Å². The van der Waals surface area contributed by atoms with E-state index < -0.39 is 116 Å². The topological polar surface area (TPSA) is 257 Å². The van der Waals surface area contributed by atoms with E-state index in [9.17, 15) is 38.4 Å². The molecule has 0 aliphatic carbocycles. The maximum Gasteiger partial charge on any atom is 0.303 e. The van der Waals surface area contributed by atoms with E-state index >= 15 is 0 Å². The van der Waals surface area contributed by atoms with Gasteiger partial charge in [0, 0.05) is 34.6 Å². The molecule has 1 heterocycles. The molecule has 5 amide bonds. The normalized spacial score (nSPS) is 22.4. The average molecular weight is 632 g/mol. The second kappa shape index (κ2) is 17.7. The van der Waals surface area contributed by atoms with Crippen LogP contribution in [-0.2, 0) is 62.0 Å². The van der Waals surface area contributed by atoms with Crippen molar-refractivity contribution in [3.05, 3.63) is 0 Å². The first kappa shape index (κ1) is 37.7. The Hall–Kier alpha value is -4.32. The number of esters is 3. The number of ether oxygens (including phenoxy) is 5. The summed E-state index contributed by atoms with van der Waals surface area (Å²) in [6.07, 6.45) is -5.65. The molecule has 0 aromatic rings. The molecule has 18 nitrogen and oxygen atoms in total. The molecule has 0 spiro atoms. The molecule has 0 saturated carbocycles. The Labute approximate surface area is 253 Å². The third-order valence-corrected chi connectivity index (χ3v) is 5.88. The number of nitrogens with one attached hydrogen (secondary N) is 4. The van der Waals surface area contributed by atoms with E-state index in [1.165, 1.54) is 6.92 Å². The highest BCUT2D eigenvalue weighted by Gasteiger charge is 2.51. The molecule has 18 heteroatoms. The van der Waals surface area contributed by atoms with E-state index in [-0.39, 0.29) is 0 Å². The van der Waals surface area contributed by atoms with Crippen LogP contribution in [0.4, 0.5) is 0 Å². The van der Waals surface area contributed by atoms with Gasteiger partial charge in [0.15, 0.2) is 18.5 Å². The number of carbonyl (C=O) groups is 8. The summed E-state index contributed by atoms with van der Waals surface area (Å²) in [7, 11) is 0. The molecule has 1 saturated heterocycles. The number of nitrogens with two attached hydrogens (primary N) is 1. The molecular formula is C26H41N5O13. The number of hydrogen-bond donors (Lipinski definition) is 5. The molecule has 0 unspecified atom stereocenters. The van der Waals surface area contributed by atoms with Crippen molar-refractivity contribution in [3.8, 4) is 0 Å². The van der Waals surface area contributed by atoms with Gasteiger partial charge in [0.2, 0.25) is 29.5 Å². The Balaban J connectivity index is 3.45. The Kier molecular flexibility index (Phi) is 15.2. The van der Waals surface area contributed by atoms with Gasteiger partial charge in [-0.05, 0) is 5.92 Å². The molecule has 0 bridgehead atoms. The summed E-state index contributed by atoms with van der Waals surface area (Å²) >= 11 is 0. The van der Waals surface area contributed by atoms with Crippen molar-refractivity contribution in [2.24, 2.45) is 11.7 Å². The van der Waals surface area contributed by atoms with Gasteiger partial charge in [-0.2, -0.15) is 0 Å². The first-order valence-corrected chi connectivity index (χ1v) is 13.6. The SMILES string of the molecule is CC(=O)N[C@H]1[C@H](OC[C@H](NC(=O)[C@@H](NC(C)=O)C(C)C)C(=O)NCC(N)=O)O[C@H](COC(C)=O)[C@@H](OC(C)=O)[C@@H]1OC(C)=O. The Morgan fingerprint density at radius 3 is 1.86 bits per heavy atom. The summed E-state index contributed by atoms with van der Waals surface area (Å²) in [6.45, 7) is 7.19. The fourth-order valence-electron chi connectivity index (χ4n) is 4.12. The van der Waals surface area contributed by atoms with Gasteiger partial charge in [-0.3, -0.25) is 38.4 Å². The van der Waals surface area contributed by atoms with Crippen LogP contribution in [0, 0.1) is 5.92 Å². The summed E-state index contributed by atoms with van der Waals surface area (Å²) in [5.74, 6) is -6.43. The van der Waals surface area contributed by atoms with E-state index in [1.54, 1.807) is 13.8 Å². The minimum absolute atomic E-state index is 0.398. The van der Waals surface area contributed by atoms with Crippen molar-refractivity contribution in [1.82, 2.24) is 21.3 Å². The van der Waals surface area contributed by atoms with Crippen LogP contribution in [0.3, 0.4) is 0 Å². The minimum atomic E-state index is -1.55. The zero-order valence-corrected chi connectivity index (χ0v) is 25.6. The lowest BCUT2D eigenvalue weighted by Crippen LogP contribution is -2.67. The molecular weight excluding hydrogens is 590 g/mol. The van der Waals surface area contributed by atoms with Crippen molar-refractivity contribution in [2.45, 2.75) is 91.2 Å². The summed E-state index contributed by atoms with van der Waals surface area (Å²) in [5, 5.41) is 9.67. The zero-order valence-electron chi connectivity index (χ0n) is 25.6. The van der Waals surface area contributed by atoms with E-state index in [2.05, 4.69) is 21.3 Å². The first-order chi connectivity index (χ1) is 20.4. The maximum absolute atomic E-state index is 13.1. The Morgan fingerprint density at radius 2 is 1.39 bits per heavy atom. The number of primary amides is 1. The van der Waals surface area contributed by atoms with Gasteiger partial charge >= 0.3 is 17.9 Å². The fraction of sp³-hybridized carbons (Fsp3) is 0.692. The van der Waals surface area contributed by atoms with Gasteiger partial charge < -0.3 is 50.7 Å². The largest absolute Gasteiger partial charge is 0.463 e. The first-order valence-electron chi connectivity index (χ1n) is 13.6. The highest BCUT2D eigenvalue weighted by Crippen LogP contribution is 2.28. The minimum Gasteiger partial charge on any atom is -0.463 e. The monoisotopic (exact) mass is 631 g/mol. The van der Waals surface area contributed by atoms with Gasteiger partial charge in [0.1, 0.15) is 30.8 Å². The van der Waals surface area contributed by atoms with Crippen LogP contribution < -0.4 is 27.0 Å². The van der Waals surface area contributed by atoms with Crippen LogP contribution in [0.25, 0.3) is 0 Å². The lowest BCUT2D eigenvalue weighted by Gasteiger charge is -2.45. The number of hydrogen-bond acceptors (Lipinski definition) is 13. The quantitative estimate of drug-likeness (QED) is 0.0888. The Bertz CT molecular complexity index is 1100. The van der Waals surface area contributed by atoms with Gasteiger partial charge in [0.25, 0.3) is 0 Å². The van der Waals surface area contributed by atoms with Gasteiger partial charge in [-0.15, -0.1) is 0 Å². The summed E-state index contributed by atoms with van der Waals surface area (Å²) in [5.41, 5.74) is 5.11. The van der Waals surface area contributed by atoms with Crippen LogP contribution in [-0.4, -0.2) is 110 Å². The standard InChI is InChI=1S/C26H41N5O13/c1-11(2)20(29-12(3)32)25(39)31-17(24(38)28-8-19(27)37)9-41-26-21(30-13(4)33)23(43-16(7)36)22(42-15(6)35)18(44-26)10-40-14(5)34/h11,17-18,20-23,26H,8-10H2,1-7H3,(H2,27,37)(H,28,38)(H,29,32)(H,30,33)(H,31,39)/t17-,18+,20-,21+,22+,23+,26+/m0/s1. The average Bonchev–Trinajstić information content (AvgIpc) is 2.88. The van der Waals surface area contributed by atoms with E-state index in [0.29, 0.717) is 0 Å². The molecule has 0 aromatic carbocycles. The van der Waals surface area contributed by atoms with E-state index in [1.807, 2.05) is 0 Å². The second-order valence-corrected chi connectivity index (χ2v) is 10.2. The van der Waals surface area contributed by atoms with Crippen molar-refractivity contribution in [2.75, 3.05) is 19.8 Å². The fourth-order valence-corrected chi connectivity index (χ4v) is 4.12. The smallest absolute Gasteiger partial charge is 0.303 e. The van der Waals surface area contributed by atoms with E-state index in [0.717, 1.165) is 27.7 Å². The predicted molar refractivity (Wildman–Crippen MR) is 147 cm³/mol. The van der Waals surface area contributed by atoms with Crippen molar-refractivity contribution in [3.63, 3.8) is 0 Å². The highest BCUT2D eigenvalue weighted by molar-refractivity contribution is 5.93. The molecule has 1 aliphatic rings. The van der Waals surface area contributed by atoms with Crippen molar-refractivity contribution in [1.29, 1.82) is 0 Å². The summed E-state index contributed by atoms with van der Waals surface area (Å²) in [4.78, 5) is 96.6. The molecule has 1 aliphatic heterocycles. The van der Waals surface area contributed by atoms with Crippen LogP contribution in [0.15, 0.2) is 0 Å². The van der Waals surface area contributed by atoms with Gasteiger partial charge in [-0.25, -0.2) is 0 Å². The molecule has 248 valence electrons. The molecule has 1 rings (SSSR count). The lowest BCUT2D eigenvalue weighted by molar-refractivity contribution is -0.278.